The first-order valence-electron chi connectivity index (χ1n) is 7.02. The summed E-state index contributed by atoms with van der Waals surface area (Å²) in [6.07, 6.45) is 0.942. The molecule has 0 spiro atoms. The first kappa shape index (κ1) is 14.8. The maximum Gasteiger partial charge on any atom is 0.0716 e. The van der Waals surface area contributed by atoms with Gasteiger partial charge in [-0.3, -0.25) is 0 Å². The van der Waals surface area contributed by atoms with Crippen molar-refractivity contribution in [3.8, 4) is 11.1 Å². The number of hydrogen-bond donors (Lipinski definition) is 0. The molecule has 0 aromatic heterocycles. The Hall–Kier alpha value is -1.64. The molecular formula is C18H22O2. The average molecular weight is 270 g/mol. The number of rotatable bonds is 7. The molecule has 2 heteroatoms. The highest BCUT2D eigenvalue weighted by atomic mass is 16.5. The molecule has 0 aliphatic heterocycles. The Kier molecular flexibility index (Phi) is 5.78. The van der Waals surface area contributed by atoms with E-state index in [1.54, 1.807) is 7.11 Å². The largest absolute Gasteiger partial charge is 0.385 e. The van der Waals surface area contributed by atoms with Gasteiger partial charge in [-0.1, -0.05) is 54.1 Å². The number of benzene rings is 2. The average Bonchev–Trinajstić information content (AvgIpc) is 2.49. The van der Waals surface area contributed by atoms with Gasteiger partial charge in [0.2, 0.25) is 0 Å². The van der Waals surface area contributed by atoms with Gasteiger partial charge in [-0.15, -0.1) is 0 Å². The Morgan fingerprint density at radius 2 is 1.40 bits per heavy atom. The molecule has 0 bridgehead atoms. The van der Waals surface area contributed by atoms with Gasteiger partial charge in [-0.05, 0) is 30.0 Å². The van der Waals surface area contributed by atoms with E-state index >= 15 is 0 Å². The monoisotopic (exact) mass is 270 g/mol. The van der Waals surface area contributed by atoms with Gasteiger partial charge in [0.05, 0.1) is 6.61 Å². The zero-order valence-corrected chi connectivity index (χ0v) is 12.3. The molecule has 0 aliphatic carbocycles. The lowest BCUT2D eigenvalue weighted by Crippen LogP contribution is -1.99. The fourth-order valence-corrected chi connectivity index (χ4v) is 2.03. The van der Waals surface area contributed by atoms with Crippen molar-refractivity contribution in [2.24, 2.45) is 0 Å². The lowest BCUT2D eigenvalue weighted by molar-refractivity contribution is 0.0929. The van der Waals surface area contributed by atoms with Crippen LogP contribution in [0.2, 0.25) is 0 Å². The van der Waals surface area contributed by atoms with Crippen molar-refractivity contribution in [3.63, 3.8) is 0 Å². The Bertz CT molecular complexity index is 500. The first-order chi connectivity index (χ1) is 9.79. The van der Waals surface area contributed by atoms with Crippen LogP contribution in [0.25, 0.3) is 11.1 Å². The van der Waals surface area contributed by atoms with Crippen molar-refractivity contribution in [2.45, 2.75) is 20.0 Å². The minimum Gasteiger partial charge on any atom is -0.385 e. The van der Waals surface area contributed by atoms with E-state index in [4.69, 9.17) is 9.47 Å². The summed E-state index contributed by atoms with van der Waals surface area (Å²) in [7, 11) is 1.71. The molecule has 0 heterocycles. The Labute approximate surface area is 121 Å². The van der Waals surface area contributed by atoms with Crippen molar-refractivity contribution in [2.75, 3.05) is 20.3 Å². The van der Waals surface area contributed by atoms with Crippen LogP contribution in [0.3, 0.4) is 0 Å². The number of methoxy groups -OCH3 is 1. The molecule has 0 unspecified atom stereocenters. The van der Waals surface area contributed by atoms with Gasteiger partial charge in [0.25, 0.3) is 0 Å². The first-order valence-corrected chi connectivity index (χ1v) is 7.02. The van der Waals surface area contributed by atoms with E-state index in [2.05, 4.69) is 55.5 Å². The molecule has 2 aromatic carbocycles. The third kappa shape index (κ3) is 4.48. The van der Waals surface area contributed by atoms with Gasteiger partial charge < -0.3 is 9.47 Å². The van der Waals surface area contributed by atoms with Crippen LogP contribution in [-0.2, 0) is 16.1 Å². The van der Waals surface area contributed by atoms with Gasteiger partial charge in [0.1, 0.15) is 0 Å². The molecule has 2 rings (SSSR count). The number of aryl methyl sites for hydroxylation is 1. The lowest BCUT2D eigenvalue weighted by Gasteiger charge is -2.06. The Morgan fingerprint density at radius 1 is 0.800 bits per heavy atom. The third-order valence-corrected chi connectivity index (χ3v) is 3.24. The minimum absolute atomic E-state index is 0.665. The van der Waals surface area contributed by atoms with Crippen LogP contribution in [0.5, 0.6) is 0 Å². The second-order valence-electron chi connectivity index (χ2n) is 4.96. The van der Waals surface area contributed by atoms with E-state index in [-0.39, 0.29) is 0 Å². The normalized spacial score (nSPS) is 10.7. The summed E-state index contributed by atoms with van der Waals surface area (Å²) < 4.78 is 10.6. The van der Waals surface area contributed by atoms with Crippen molar-refractivity contribution >= 4 is 0 Å². The maximum absolute atomic E-state index is 5.60. The summed E-state index contributed by atoms with van der Waals surface area (Å²) in [5, 5.41) is 0. The molecular weight excluding hydrogens is 248 g/mol. The second-order valence-corrected chi connectivity index (χ2v) is 4.96. The van der Waals surface area contributed by atoms with Crippen LogP contribution < -0.4 is 0 Å². The van der Waals surface area contributed by atoms with E-state index in [9.17, 15) is 0 Å². The molecule has 0 saturated heterocycles. The summed E-state index contributed by atoms with van der Waals surface area (Å²) in [5.74, 6) is 0. The van der Waals surface area contributed by atoms with Gasteiger partial charge in [-0.2, -0.15) is 0 Å². The Balaban J connectivity index is 1.88. The van der Waals surface area contributed by atoms with Crippen LogP contribution in [0.4, 0.5) is 0 Å². The Morgan fingerprint density at radius 3 is 2.00 bits per heavy atom. The molecule has 0 radical (unpaired) electrons. The quantitative estimate of drug-likeness (QED) is 0.701. The van der Waals surface area contributed by atoms with E-state index in [1.807, 2.05) is 0 Å². The van der Waals surface area contributed by atoms with Crippen LogP contribution in [0.1, 0.15) is 17.5 Å². The molecule has 2 nitrogen and oxygen atoms in total. The summed E-state index contributed by atoms with van der Waals surface area (Å²) in [4.78, 5) is 0. The van der Waals surface area contributed by atoms with Crippen LogP contribution in [-0.4, -0.2) is 20.3 Å². The van der Waals surface area contributed by atoms with Crippen molar-refractivity contribution in [3.05, 3.63) is 59.7 Å². The maximum atomic E-state index is 5.60. The smallest absolute Gasteiger partial charge is 0.0716 e. The van der Waals surface area contributed by atoms with E-state index in [1.165, 1.54) is 22.3 Å². The van der Waals surface area contributed by atoms with Crippen LogP contribution >= 0.6 is 0 Å². The number of ether oxygens (including phenoxy) is 2. The standard InChI is InChI=1S/C18H22O2/c1-15-4-8-17(9-5-15)18-10-6-16(7-11-18)14-20-13-3-12-19-2/h4-11H,3,12-14H2,1-2H3. The molecule has 0 fully saturated rings. The zero-order valence-electron chi connectivity index (χ0n) is 12.3. The molecule has 0 atom stereocenters. The van der Waals surface area contributed by atoms with E-state index in [0.717, 1.165) is 19.6 Å². The second kappa shape index (κ2) is 7.83. The minimum atomic E-state index is 0.665. The fourth-order valence-electron chi connectivity index (χ4n) is 2.03. The molecule has 0 aliphatic rings. The van der Waals surface area contributed by atoms with Crippen molar-refractivity contribution in [1.82, 2.24) is 0 Å². The lowest BCUT2D eigenvalue weighted by atomic mass is 10.0. The highest BCUT2D eigenvalue weighted by molar-refractivity contribution is 5.63. The van der Waals surface area contributed by atoms with Gasteiger partial charge in [-0.25, -0.2) is 0 Å². The third-order valence-electron chi connectivity index (χ3n) is 3.24. The van der Waals surface area contributed by atoms with Gasteiger partial charge >= 0.3 is 0 Å². The molecule has 20 heavy (non-hydrogen) atoms. The van der Waals surface area contributed by atoms with E-state index < -0.39 is 0 Å². The van der Waals surface area contributed by atoms with E-state index in [0.29, 0.717) is 6.61 Å². The van der Waals surface area contributed by atoms with Crippen LogP contribution in [0.15, 0.2) is 48.5 Å². The van der Waals surface area contributed by atoms with Gasteiger partial charge in [0.15, 0.2) is 0 Å². The molecule has 0 N–H and O–H groups in total. The summed E-state index contributed by atoms with van der Waals surface area (Å²) in [5.41, 5.74) is 4.99. The molecule has 0 saturated carbocycles. The predicted molar refractivity (Wildman–Crippen MR) is 82.8 cm³/mol. The molecule has 0 amide bonds. The summed E-state index contributed by atoms with van der Waals surface area (Å²) in [6, 6.07) is 17.2. The highest BCUT2D eigenvalue weighted by Crippen LogP contribution is 2.20. The van der Waals surface area contributed by atoms with Gasteiger partial charge in [0, 0.05) is 20.3 Å². The topological polar surface area (TPSA) is 18.5 Å². The number of hydrogen-bond acceptors (Lipinski definition) is 2. The predicted octanol–water partition coefficient (Wildman–Crippen LogP) is 4.22. The molecule has 106 valence electrons. The summed E-state index contributed by atoms with van der Waals surface area (Å²) >= 11 is 0. The zero-order chi connectivity index (χ0) is 14.2. The van der Waals surface area contributed by atoms with Crippen molar-refractivity contribution in [1.29, 1.82) is 0 Å². The van der Waals surface area contributed by atoms with Crippen molar-refractivity contribution < 1.29 is 9.47 Å². The SMILES string of the molecule is COCCCOCc1ccc(-c2ccc(C)cc2)cc1. The van der Waals surface area contributed by atoms with Crippen LogP contribution in [0, 0.1) is 6.92 Å². The summed E-state index contributed by atoms with van der Waals surface area (Å²) in [6.45, 7) is 4.27. The highest BCUT2D eigenvalue weighted by Gasteiger charge is 1.98. The fraction of sp³-hybridized carbons (Fsp3) is 0.333. The molecule has 2 aromatic rings.